The van der Waals surface area contributed by atoms with Crippen LogP contribution in [0.1, 0.15) is 44.9 Å². The number of hydrogen-bond donors (Lipinski definition) is 2. The number of carboxylic acid groups (broad SMARTS) is 1. The number of aliphatic carboxylic acids is 1. The molecule has 0 aromatic rings. The molecule has 2 N–H and O–H groups in total. The predicted octanol–water partition coefficient (Wildman–Crippen LogP) is 2.56. The number of likely N-dealkylation sites (tertiary alicyclic amines) is 1. The van der Waals surface area contributed by atoms with E-state index >= 15 is 0 Å². The summed E-state index contributed by atoms with van der Waals surface area (Å²) in [4.78, 5) is 24.8. The molecule has 116 valence electrons. The molecule has 0 aliphatic carbocycles. The molecule has 0 spiro atoms. The largest absolute Gasteiger partial charge is 0.480 e. The molecule has 6 heteroatoms. The Kier molecular flexibility index (Phi) is 8.49. The van der Waals surface area contributed by atoms with Crippen LogP contribution in [0.5, 0.6) is 0 Å². The number of carbonyl (C=O) groups is 2. The Morgan fingerprint density at radius 1 is 1.25 bits per heavy atom. The molecule has 5 nitrogen and oxygen atoms in total. The van der Waals surface area contributed by atoms with Crippen LogP contribution in [0.4, 0.5) is 4.79 Å². The Balaban J connectivity index is 2.33. The third kappa shape index (κ3) is 6.03. The zero-order chi connectivity index (χ0) is 14.8. The number of hydrogen-bond acceptors (Lipinski definition) is 3. The molecule has 0 radical (unpaired) electrons. The van der Waals surface area contributed by atoms with Gasteiger partial charge in [0.1, 0.15) is 6.04 Å². The first kappa shape index (κ1) is 17.1. The number of nitrogens with one attached hydrogen (secondary N) is 1. The zero-order valence-corrected chi connectivity index (χ0v) is 13.1. The van der Waals surface area contributed by atoms with Gasteiger partial charge >= 0.3 is 12.0 Å². The summed E-state index contributed by atoms with van der Waals surface area (Å²) in [6.45, 7) is 1.19. The van der Waals surface area contributed by atoms with Crippen LogP contribution in [0.25, 0.3) is 0 Å². The Bertz CT molecular complexity index is 313. The fraction of sp³-hybridized carbons (Fsp3) is 0.857. The number of thioether (sulfide) groups is 1. The zero-order valence-electron chi connectivity index (χ0n) is 12.3. The van der Waals surface area contributed by atoms with Crippen LogP contribution in [0, 0.1) is 0 Å². The SMILES string of the molecule is CSCCCCCNC(=O)N1CCCCCC1C(=O)O. The third-order valence-electron chi connectivity index (χ3n) is 3.60. The van der Waals surface area contributed by atoms with Crippen LogP contribution in [-0.4, -0.2) is 53.1 Å². The molecule has 1 aliphatic heterocycles. The van der Waals surface area contributed by atoms with Crippen molar-refractivity contribution < 1.29 is 14.7 Å². The lowest BCUT2D eigenvalue weighted by molar-refractivity contribution is -0.142. The predicted molar refractivity (Wildman–Crippen MR) is 82.2 cm³/mol. The molecule has 1 atom stereocenters. The Hall–Kier alpha value is -0.910. The number of rotatable bonds is 7. The van der Waals surface area contributed by atoms with Gasteiger partial charge in [0.05, 0.1) is 0 Å². The second-order valence-corrected chi connectivity index (χ2v) is 6.17. The van der Waals surface area contributed by atoms with Crippen LogP contribution >= 0.6 is 11.8 Å². The molecule has 2 amide bonds. The first-order chi connectivity index (χ1) is 9.66. The minimum Gasteiger partial charge on any atom is -0.480 e. The van der Waals surface area contributed by atoms with Crippen molar-refractivity contribution in [3.63, 3.8) is 0 Å². The molecule has 1 aliphatic rings. The Morgan fingerprint density at radius 2 is 2.05 bits per heavy atom. The topological polar surface area (TPSA) is 69.6 Å². The number of amides is 2. The summed E-state index contributed by atoms with van der Waals surface area (Å²) in [5.41, 5.74) is 0. The van der Waals surface area contributed by atoms with Crippen molar-refractivity contribution in [3.05, 3.63) is 0 Å². The second-order valence-electron chi connectivity index (χ2n) is 5.18. The average molecular weight is 302 g/mol. The fourth-order valence-electron chi connectivity index (χ4n) is 2.45. The maximum absolute atomic E-state index is 12.1. The Morgan fingerprint density at radius 3 is 2.75 bits per heavy atom. The van der Waals surface area contributed by atoms with Gasteiger partial charge in [-0.05, 0) is 37.7 Å². The first-order valence-electron chi connectivity index (χ1n) is 7.43. The van der Waals surface area contributed by atoms with Gasteiger partial charge < -0.3 is 15.3 Å². The number of carboxylic acids is 1. The van der Waals surface area contributed by atoms with Crippen LogP contribution < -0.4 is 5.32 Å². The molecule has 1 unspecified atom stereocenters. The van der Waals surface area contributed by atoms with Crippen molar-refractivity contribution in [2.75, 3.05) is 25.1 Å². The second kappa shape index (κ2) is 9.91. The van der Waals surface area contributed by atoms with Gasteiger partial charge in [0.2, 0.25) is 0 Å². The standard InChI is InChI=1S/C14H26N2O3S/c1-20-11-7-3-5-9-15-14(19)16-10-6-2-4-8-12(16)13(17)18/h12H,2-11H2,1H3,(H,15,19)(H,17,18). The van der Waals surface area contributed by atoms with Crippen molar-refractivity contribution in [1.82, 2.24) is 10.2 Å². The average Bonchev–Trinajstić information content (AvgIpc) is 2.68. The number of urea groups is 1. The normalized spacial score (nSPS) is 19.4. The van der Waals surface area contributed by atoms with Crippen molar-refractivity contribution in [3.8, 4) is 0 Å². The van der Waals surface area contributed by atoms with Gasteiger partial charge in [0.15, 0.2) is 0 Å². The third-order valence-corrected chi connectivity index (χ3v) is 4.30. The van der Waals surface area contributed by atoms with E-state index in [0.717, 1.165) is 37.9 Å². The quantitative estimate of drug-likeness (QED) is 0.709. The van der Waals surface area contributed by atoms with E-state index in [4.69, 9.17) is 0 Å². The van der Waals surface area contributed by atoms with E-state index in [1.54, 1.807) is 0 Å². The van der Waals surface area contributed by atoms with E-state index < -0.39 is 12.0 Å². The van der Waals surface area contributed by atoms with Gasteiger partial charge in [0, 0.05) is 13.1 Å². The Labute approximate surface area is 125 Å². The number of nitrogens with zero attached hydrogens (tertiary/aromatic N) is 1. The summed E-state index contributed by atoms with van der Waals surface area (Å²) in [5, 5.41) is 12.1. The van der Waals surface area contributed by atoms with Gasteiger partial charge in [-0.1, -0.05) is 19.3 Å². The summed E-state index contributed by atoms with van der Waals surface area (Å²) in [5.74, 6) is 0.267. The van der Waals surface area contributed by atoms with Crippen LogP contribution in [0.2, 0.25) is 0 Å². The molecular formula is C14H26N2O3S. The minimum absolute atomic E-state index is 0.218. The lowest BCUT2D eigenvalue weighted by Crippen LogP contribution is -2.49. The summed E-state index contributed by atoms with van der Waals surface area (Å²) in [6, 6.07) is -0.877. The van der Waals surface area contributed by atoms with E-state index in [1.165, 1.54) is 11.3 Å². The molecule has 1 saturated heterocycles. The summed E-state index contributed by atoms with van der Waals surface area (Å²) < 4.78 is 0. The van der Waals surface area contributed by atoms with E-state index in [1.807, 2.05) is 11.8 Å². The van der Waals surface area contributed by atoms with Gasteiger partial charge in [-0.2, -0.15) is 11.8 Å². The molecule has 0 saturated carbocycles. The summed E-state index contributed by atoms with van der Waals surface area (Å²) in [7, 11) is 0. The van der Waals surface area contributed by atoms with Crippen LogP contribution in [0.3, 0.4) is 0 Å². The summed E-state index contributed by atoms with van der Waals surface area (Å²) >= 11 is 1.83. The first-order valence-corrected chi connectivity index (χ1v) is 8.82. The fourth-order valence-corrected chi connectivity index (χ4v) is 2.95. The van der Waals surface area contributed by atoms with E-state index in [9.17, 15) is 14.7 Å². The molecule has 0 bridgehead atoms. The van der Waals surface area contributed by atoms with Crippen molar-refractivity contribution in [2.45, 2.75) is 51.0 Å². The highest BCUT2D eigenvalue weighted by Crippen LogP contribution is 2.17. The molecular weight excluding hydrogens is 276 g/mol. The van der Waals surface area contributed by atoms with E-state index in [0.29, 0.717) is 19.5 Å². The molecule has 1 rings (SSSR count). The van der Waals surface area contributed by atoms with Crippen molar-refractivity contribution in [1.29, 1.82) is 0 Å². The highest BCUT2D eigenvalue weighted by atomic mass is 32.2. The van der Waals surface area contributed by atoms with Gasteiger partial charge in [0.25, 0.3) is 0 Å². The lowest BCUT2D eigenvalue weighted by Gasteiger charge is -2.27. The van der Waals surface area contributed by atoms with Crippen molar-refractivity contribution in [2.24, 2.45) is 0 Å². The van der Waals surface area contributed by atoms with E-state index in [2.05, 4.69) is 11.6 Å². The summed E-state index contributed by atoms with van der Waals surface area (Å²) in [6.07, 6.45) is 8.66. The molecule has 0 aromatic carbocycles. The van der Waals surface area contributed by atoms with Crippen LogP contribution in [0.15, 0.2) is 0 Å². The van der Waals surface area contributed by atoms with Gasteiger partial charge in [-0.3, -0.25) is 0 Å². The van der Waals surface area contributed by atoms with Crippen molar-refractivity contribution >= 4 is 23.8 Å². The molecule has 20 heavy (non-hydrogen) atoms. The minimum atomic E-state index is -0.887. The monoisotopic (exact) mass is 302 g/mol. The van der Waals surface area contributed by atoms with Crippen LogP contribution in [-0.2, 0) is 4.79 Å². The maximum atomic E-state index is 12.1. The highest BCUT2D eigenvalue weighted by Gasteiger charge is 2.30. The number of unbranched alkanes of at least 4 members (excludes halogenated alkanes) is 2. The molecule has 1 heterocycles. The highest BCUT2D eigenvalue weighted by molar-refractivity contribution is 7.98. The molecule has 1 fully saturated rings. The van der Waals surface area contributed by atoms with E-state index in [-0.39, 0.29) is 6.03 Å². The smallest absolute Gasteiger partial charge is 0.326 e. The maximum Gasteiger partial charge on any atom is 0.326 e. The molecule has 0 aromatic heterocycles. The van der Waals surface area contributed by atoms with Gasteiger partial charge in [-0.25, -0.2) is 9.59 Å². The number of carbonyl (C=O) groups excluding carboxylic acids is 1. The lowest BCUT2D eigenvalue weighted by atomic mass is 10.1. The van der Waals surface area contributed by atoms with Gasteiger partial charge in [-0.15, -0.1) is 0 Å².